The van der Waals surface area contributed by atoms with Crippen LogP contribution in [0.3, 0.4) is 0 Å². The summed E-state index contributed by atoms with van der Waals surface area (Å²) in [5.41, 5.74) is 0.299. The van der Waals surface area contributed by atoms with Gasteiger partial charge in [0.2, 0.25) is 10.1 Å². The minimum atomic E-state index is -0.409. The van der Waals surface area contributed by atoms with Crippen LogP contribution in [0.4, 0.5) is 5.13 Å². The molecule has 2 aromatic heterocycles. The van der Waals surface area contributed by atoms with E-state index in [2.05, 4.69) is 22.3 Å². The van der Waals surface area contributed by atoms with Crippen molar-refractivity contribution in [2.45, 2.75) is 20.3 Å². The Labute approximate surface area is 103 Å². The second-order valence-electron chi connectivity index (χ2n) is 3.41. The first-order chi connectivity index (χ1) is 8.24. The van der Waals surface area contributed by atoms with Crippen LogP contribution in [0.15, 0.2) is 6.20 Å². The lowest BCUT2D eigenvalue weighted by atomic mass is 10.5. The van der Waals surface area contributed by atoms with Gasteiger partial charge in [0.05, 0.1) is 12.8 Å². The molecule has 2 aromatic rings. The van der Waals surface area contributed by atoms with Gasteiger partial charge in [0.15, 0.2) is 5.69 Å². The molecule has 0 atom stereocenters. The molecule has 0 aliphatic heterocycles. The van der Waals surface area contributed by atoms with Crippen LogP contribution in [0.2, 0.25) is 0 Å². The van der Waals surface area contributed by atoms with Crippen molar-refractivity contribution < 1.29 is 9.53 Å². The largest absolute Gasteiger partial charge is 0.461 e. The second-order valence-corrected chi connectivity index (χ2v) is 4.36. The van der Waals surface area contributed by atoms with Crippen molar-refractivity contribution in [3.63, 3.8) is 0 Å². The van der Waals surface area contributed by atoms with Gasteiger partial charge in [-0.1, -0.05) is 18.3 Å². The van der Waals surface area contributed by atoms with Crippen LogP contribution in [-0.4, -0.2) is 33.7 Å². The topological polar surface area (TPSA) is 68.5 Å². The lowest BCUT2D eigenvalue weighted by Crippen LogP contribution is -2.04. The first-order valence-electron chi connectivity index (χ1n) is 5.51. The number of esters is 1. The summed E-state index contributed by atoms with van der Waals surface area (Å²) in [6.45, 7) is 5.08. The zero-order valence-corrected chi connectivity index (χ0v) is 10.6. The summed E-state index contributed by atoms with van der Waals surface area (Å²) in [5.74, 6) is -0.409. The Kier molecular flexibility index (Phi) is 3.58. The fourth-order valence-electron chi connectivity index (χ4n) is 1.31. The molecule has 2 rings (SSSR count). The summed E-state index contributed by atoms with van der Waals surface area (Å²) in [6, 6.07) is 0. The maximum Gasteiger partial charge on any atom is 0.358 e. The molecule has 0 radical (unpaired) electrons. The molecule has 1 N–H and O–H groups in total. The van der Waals surface area contributed by atoms with Gasteiger partial charge in [0.25, 0.3) is 0 Å². The Hall–Kier alpha value is -1.63. The van der Waals surface area contributed by atoms with Crippen LogP contribution in [-0.2, 0) is 4.74 Å². The molecule has 6 nitrogen and oxygen atoms in total. The van der Waals surface area contributed by atoms with Gasteiger partial charge >= 0.3 is 5.97 Å². The zero-order chi connectivity index (χ0) is 12.3. The van der Waals surface area contributed by atoms with Crippen molar-refractivity contribution in [1.29, 1.82) is 0 Å². The highest BCUT2D eigenvalue weighted by atomic mass is 32.1. The summed E-state index contributed by atoms with van der Waals surface area (Å²) >= 11 is 1.42. The third kappa shape index (κ3) is 2.55. The SMILES string of the molecule is CCCNc1nn2cc(C(=O)OCC)nc2s1. The third-order valence-electron chi connectivity index (χ3n) is 2.05. The van der Waals surface area contributed by atoms with Gasteiger partial charge in [0, 0.05) is 6.54 Å². The molecule has 17 heavy (non-hydrogen) atoms. The number of anilines is 1. The van der Waals surface area contributed by atoms with E-state index in [9.17, 15) is 4.79 Å². The number of hydrogen-bond acceptors (Lipinski definition) is 6. The normalized spacial score (nSPS) is 10.7. The number of imidazole rings is 1. The van der Waals surface area contributed by atoms with Gasteiger partial charge in [0.1, 0.15) is 0 Å². The highest BCUT2D eigenvalue weighted by Gasteiger charge is 2.14. The number of hydrogen-bond donors (Lipinski definition) is 1. The van der Waals surface area contributed by atoms with Crippen LogP contribution in [0.5, 0.6) is 0 Å². The van der Waals surface area contributed by atoms with Gasteiger partial charge in [-0.15, -0.1) is 5.10 Å². The minimum Gasteiger partial charge on any atom is -0.461 e. The fraction of sp³-hybridized carbons (Fsp3) is 0.500. The van der Waals surface area contributed by atoms with Crippen LogP contribution in [0.25, 0.3) is 4.96 Å². The van der Waals surface area contributed by atoms with E-state index in [0.29, 0.717) is 17.3 Å². The second kappa shape index (κ2) is 5.13. The van der Waals surface area contributed by atoms with E-state index in [0.717, 1.165) is 18.1 Å². The van der Waals surface area contributed by atoms with E-state index in [4.69, 9.17) is 4.74 Å². The summed E-state index contributed by atoms with van der Waals surface area (Å²) in [5, 5.41) is 8.25. The Morgan fingerprint density at radius 2 is 2.41 bits per heavy atom. The van der Waals surface area contributed by atoms with Gasteiger partial charge in [-0.2, -0.15) is 0 Å². The molecule has 0 bridgehead atoms. The van der Waals surface area contributed by atoms with E-state index in [-0.39, 0.29) is 0 Å². The van der Waals surface area contributed by atoms with Gasteiger partial charge < -0.3 is 10.1 Å². The monoisotopic (exact) mass is 254 g/mol. The molecule has 0 unspecified atom stereocenters. The summed E-state index contributed by atoms with van der Waals surface area (Å²) in [6.07, 6.45) is 2.62. The standard InChI is InChI=1S/C10H14N4O2S/c1-3-5-11-9-13-14-6-7(8(15)16-4-2)12-10(14)17-9/h6H,3-5H2,1-2H3,(H,11,13). The molecule has 0 saturated carbocycles. The maximum atomic E-state index is 11.4. The number of fused-ring (bicyclic) bond motifs is 1. The lowest BCUT2D eigenvalue weighted by molar-refractivity contribution is 0.0520. The Morgan fingerprint density at radius 1 is 1.59 bits per heavy atom. The Morgan fingerprint density at radius 3 is 3.06 bits per heavy atom. The number of carbonyl (C=O) groups excluding carboxylic acids is 1. The predicted molar refractivity (Wildman–Crippen MR) is 65.6 cm³/mol. The molecular formula is C10H14N4O2S. The first-order valence-corrected chi connectivity index (χ1v) is 6.33. The van der Waals surface area contributed by atoms with Gasteiger partial charge in [-0.3, -0.25) is 0 Å². The van der Waals surface area contributed by atoms with Gasteiger partial charge in [-0.05, 0) is 13.3 Å². The van der Waals surface area contributed by atoms with Crippen molar-refractivity contribution in [3.8, 4) is 0 Å². The molecule has 7 heteroatoms. The van der Waals surface area contributed by atoms with Crippen LogP contribution >= 0.6 is 11.3 Å². The molecule has 0 aliphatic rings. The van der Waals surface area contributed by atoms with Crippen molar-refractivity contribution in [2.75, 3.05) is 18.5 Å². The summed E-state index contributed by atoms with van der Waals surface area (Å²) < 4.78 is 6.46. The Bertz CT molecular complexity index is 488. The number of nitrogens with zero attached hydrogens (tertiary/aromatic N) is 3. The predicted octanol–water partition coefficient (Wildman–Crippen LogP) is 1.79. The van der Waals surface area contributed by atoms with Crippen molar-refractivity contribution in [2.24, 2.45) is 0 Å². The molecule has 0 fully saturated rings. The number of ether oxygens (including phenoxy) is 1. The third-order valence-corrected chi connectivity index (χ3v) is 2.93. The number of carbonyl (C=O) groups is 1. The number of rotatable bonds is 5. The molecule has 0 amide bonds. The smallest absolute Gasteiger partial charge is 0.358 e. The minimum absolute atomic E-state index is 0.299. The number of nitrogens with one attached hydrogen (secondary N) is 1. The average molecular weight is 254 g/mol. The molecule has 2 heterocycles. The molecule has 0 aliphatic carbocycles. The average Bonchev–Trinajstić information content (AvgIpc) is 2.84. The van der Waals surface area contributed by atoms with Crippen molar-refractivity contribution in [3.05, 3.63) is 11.9 Å². The van der Waals surface area contributed by atoms with E-state index in [1.807, 2.05) is 0 Å². The highest BCUT2D eigenvalue weighted by Crippen LogP contribution is 2.19. The summed E-state index contributed by atoms with van der Waals surface area (Å²) in [4.78, 5) is 16.3. The molecular weight excluding hydrogens is 240 g/mol. The Balaban J connectivity index is 2.16. The van der Waals surface area contributed by atoms with Gasteiger partial charge in [-0.25, -0.2) is 14.3 Å². The number of aromatic nitrogens is 3. The van der Waals surface area contributed by atoms with E-state index in [1.54, 1.807) is 17.6 Å². The van der Waals surface area contributed by atoms with E-state index < -0.39 is 5.97 Å². The van der Waals surface area contributed by atoms with Crippen LogP contribution in [0, 0.1) is 0 Å². The summed E-state index contributed by atoms with van der Waals surface area (Å²) in [7, 11) is 0. The van der Waals surface area contributed by atoms with Crippen LogP contribution in [0.1, 0.15) is 30.8 Å². The van der Waals surface area contributed by atoms with E-state index >= 15 is 0 Å². The lowest BCUT2D eigenvalue weighted by Gasteiger charge is -1.96. The molecule has 0 spiro atoms. The van der Waals surface area contributed by atoms with Crippen molar-refractivity contribution >= 4 is 27.4 Å². The zero-order valence-electron chi connectivity index (χ0n) is 9.77. The van der Waals surface area contributed by atoms with E-state index in [1.165, 1.54) is 11.3 Å². The molecule has 0 saturated heterocycles. The van der Waals surface area contributed by atoms with Crippen molar-refractivity contribution in [1.82, 2.24) is 14.6 Å². The molecule has 92 valence electrons. The maximum absolute atomic E-state index is 11.4. The quantitative estimate of drug-likeness (QED) is 0.824. The highest BCUT2D eigenvalue weighted by molar-refractivity contribution is 7.20. The first kappa shape index (κ1) is 11.8. The van der Waals surface area contributed by atoms with Crippen LogP contribution < -0.4 is 5.32 Å². The molecule has 0 aromatic carbocycles. The fourth-order valence-corrected chi connectivity index (χ4v) is 2.11.